The fourth-order valence-electron chi connectivity index (χ4n) is 2.01. The van der Waals surface area contributed by atoms with E-state index in [0.29, 0.717) is 0 Å². The van der Waals surface area contributed by atoms with Crippen LogP contribution >= 0.6 is 0 Å². The van der Waals surface area contributed by atoms with Crippen LogP contribution in [0.25, 0.3) is 11.3 Å². The van der Waals surface area contributed by atoms with Crippen molar-refractivity contribution in [2.24, 2.45) is 7.05 Å². The first-order valence-corrected chi connectivity index (χ1v) is 6.00. The molecule has 0 aliphatic rings. The normalized spacial score (nSPS) is 11.0. The molecule has 0 radical (unpaired) electrons. The Hall–Kier alpha value is -1.78. The fourth-order valence-corrected chi connectivity index (χ4v) is 2.01. The molecule has 2 rings (SSSR count). The van der Waals surface area contributed by atoms with Gasteiger partial charge in [0.15, 0.2) is 0 Å². The first-order chi connectivity index (χ1) is 8.17. The van der Waals surface area contributed by atoms with Gasteiger partial charge in [0.1, 0.15) is 11.5 Å². The van der Waals surface area contributed by atoms with E-state index in [4.69, 9.17) is 5.73 Å². The van der Waals surface area contributed by atoms with Gasteiger partial charge in [0.2, 0.25) is 0 Å². The number of imidazole rings is 1. The Morgan fingerprint density at radius 1 is 1.35 bits per heavy atom. The number of aryl methyl sites for hydroxylation is 3. The van der Waals surface area contributed by atoms with Crippen molar-refractivity contribution in [2.45, 2.75) is 33.2 Å². The van der Waals surface area contributed by atoms with Crippen LogP contribution in [0.15, 0.2) is 12.5 Å². The number of anilines is 1. The van der Waals surface area contributed by atoms with Gasteiger partial charge in [-0.2, -0.15) is 5.10 Å². The Kier molecular flexibility index (Phi) is 3.17. The highest BCUT2D eigenvalue weighted by atomic mass is 15.3. The zero-order chi connectivity index (χ0) is 12.4. The predicted molar refractivity (Wildman–Crippen MR) is 68.5 cm³/mol. The third-order valence-electron chi connectivity index (χ3n) is 2.84. The third-order valence-corrected chi connectivity index (χ3v) is 2.84. The van der Waals surface area contributed by atoms with Gasteiger partial charge < -0.3 is 10.3 Å². The lowest BCUT2D eigenvalue weighted by Gasteiger charge is -2.03. The molecule has 92 valence electrons. The molecule has 5 heteroatoms. The van der Waals surface area contributed by atoms with E-state index in [1.54, 1.807) is 6.33 Å². The number of aromatic nitrogens is 4. The summed E-state index contributed by atoms with van der Waals surface area (Å²) in [6, 6.07) is 0. The van der Waals surface area contributed by atoms with Crippen molar-refractivity contribution in [3.63, 3.8) is 0 Å². The molecule has 0 unspecified atom stereocenters. The summed E-state index contributed by atoms with van der Waals surface area (Å²) in [6.07, 6.45) is 5.72. The summed E-state index contributed by atoms with van der Waals surface area (Å²) in [4.78, 5) is 4.41. The predicted octanol–water partition coefficient (Wildman–Crippen LogP) is 1.84. The summed E-state index contributed by atoms with van der Waals surface area (Å²) in [7, 11) is 1.92. The molecule has 0 aromatic carbocycles. The van der Waals surface area contributed by atoms with E-state index < -0.39 is 0 Å². The highest BCUT2D eigenvalue weighted by molar-refractivity contribution is 5.71. The topological polar surface area (TPSA) is 61.7 Å². The van der Waals surface area contributed by atoms with Crippen molar-refractivity contribution >= 4 is 5.82 Å². The molecular weight excluding hydrogens is 214 g/mol. The highest BCUT2D eigenvalue weighted by Gasteiger charge is 2.15. The van der Waals surface area contributed by atoms with Crippen LogP contribution in [-0.4, -0.2) is 19.3 Å². The van der Waals surface area contributed by atoms with Crippen LogP contribution < -0.4 is 5.73 Å². The van der Waals surface area contributed by atoms with E-state index in [9.17, 15) is 0 Å². The van der Waals surface area contributed by atoms with Crippen LogP contribution in [0.2, 0.25) is 0 Å². The van der Waals surface area contributed by atoms with E-state index in [2.05, 4.69) is 23.9 Å². The summed E-state index contributed by atoms with van der Waals surface area (Å²) in [6.45, 7) is 5.12. The molecule has 0 bridgehead atoms. The molecule has 2 N–H and O–H groups in total. The first kappa shape index (κ1) is 11.7. The van der Waals surface area contributed by atoms with Crippen molar-refractivity contribution < 1.29 is 0 Å². The molecule has 0 spiro atoms. The summed E-state index contributed by atoms with van der Waals surface area (Å²) in [5.41, 5.74) is 9.05. The Labute approximate surface area is 101 Å². The lowest BCUT2D eigenvalue weighted by molar-refractivity contribution is 0.686. The SMILES string of the molecule is CCCn1cnc(-c2cn(C)nc2CC)c1N. The second-order valence-corrected chi connectivity index (χ2v) is 4.19. The minimum atomic E-state index is 0.731. The minimum Gasteiger partial charge on any atom is -0.383 e. The van der Waals surface area contributed by atoms with Crippen LogP contribution in [0, 0.1) is 0 Å². The number of nitrogens with zero attached hydrogens (tertiary/aromatic N) is 4. The van der Waals surface area contributed by atoms with Crippen LogP contribution in [0.4, 0.5) is 5.82 Å². The molecule has 2 heterocycles. The van der Waals surface area contributed by atoms with E-state index in [1.165, 1.54) is 0 Å². The van der Waals surface area contributed by atoms with Crippen LogP contribution in [0.1, 0.15) is 26.0 Å². The lowest BCUT2D eigenvalue weighted by atomic mass is 10.1. The minimum absolute atomic E-state index is 0.731. The Balaban J connectivity index is 2.45. The number of hydrogen-bond acceptors (Lipinski definition) is 3. The first-order valence-electron chi connectivity index (χ1n) is 6.00. The van der Waals surface area contributed by atoms with Gasteiger partial charge in [0, 0.05) is 25.4 Å². The van der Waals surface area contributed by atoms with Gasteiger partial charge in [0.05, 0.1) is 12.0 Å². The molecule has 17 heavy (non-hydrogen) atoms. The van der Waals surface area contributed by atoms with Gasteiger partial charge in [-0.1, -0.05) is 13.8 Å². The molecule has 0 aliphatic heterocycles. The van der Waals surface area contributed by atoms with Gasteiger partial charge in [-0.15, -0.1) is 0 Å². The van der Waals surface area contributed by atoms with Gasteiger partial charge in [-0.3, -0.25) is 4.68 Å². The quantitative estimate of drug-likeness (QED) is 0.876. The smallest absolute Gasteiger partial charge is 0.131 e. The highest BCUT2D eigenvalue weighted by Crippen LogP contribution is 2.27. The average Bonchev–Trinajstić information content (AvgIpc) is 2.84. The van der Waals surface area contributed by atoms with Gasteiger partial charge in [-0.25, -0.2) is 4.98 Å². The van der Waals surface area contributed by atoms with Crippen molar-refractivity contribution in [2.75, 3.05) is 5.73 Å². The number of nitrogen functional groups attached to an aromatic ring is 1. The second kappa shape index (κ2) is 4.61. The summed E-state index contributed by atoms with van der Waals surface area (Å²) in [5, 5.41) is 4.41. The number of rotatable bonds is 4. The van der Waals surface area contributed by atoms with E-state index in [0.717, 1.165) is 42.2 Å². The summed E-state index contributed by atoms with van der Waals surface area (Å²) < 4.78 is 3.80. The zero-order valence-corrected chi connectivity index (χ0v) is 10.6. The van der Waals surface area contributed by atoms with Crippen molar-refractivity contribution in [3.8, 4) is 11.3 Å². The van der Waals surface area contributed by atoms with Crippen LogP contribution in [-0.2, 0) is 20.0 Å². The monoisotopic (exact) mass is 233 g/mol. The molecule has 0 aliphatic carbocycles. The summed E-state index contributed by atoms with van der Waals surface area (Å²) >= 11 is 0. The van der Waals surface area contributed by atoms with E-state index >= 15 is 0 Å². The average molecular weight is 233 g/mol. The van der Waals surface area contributed by atoms with Crippen molar-refractivity contribution in [1.29, 1.82) is 0 Å². The van der Waals surface area contributed by atoms with Crippen molar-refractivity contribution in [3.05, 3.63) is 18.2 Å². The Morgan fingerprint density at radius 3 is 2.76 bits per heavy atom. The van der Waals surface area contributed by atoms with Gasteiger partial charge >= 0.3 is 0 Å². The number of nitrogens with two attached hydrogens (primary N) is 1. The zero-order valence-electron chi connectivity index (χ0n) is 10.6. The molecule has 0 atom stereocenters. The maximum absolute atomic E-state index is 6.12. The molecular formula is C12H19N5. The molecule has 0 fully saturated rings. The molecule has 0 saturated heterocycles. The van der Waals surface area contributed by atoms with Gasteiger partial charge in [0.25, 0.3) is 0 Å². The van der Waals surface area contributed by atoms with Gasteiger partial charge in [-0.05, 0) is 12.8 Å². The molecule has 0 amide bonds. The number of hydrogen-bond donors (Lipinski definition) is 1. The standard InChI is InChI=1S/C12H19N5/c1-4-6-17-8-14-11(12(17)13)9-7-16(3)15-10(9)5-2/h7-8H,4-6,13H2,1-3H3. The third kappa shape index (κ3) is 2.05. The van der Waals surface area contributed by atoms with Crippen LogP contribution in [0.5, 0.6) is 0 Å². The van der Waals surface area contributed by atoms with E-state index in [-0.39, 0.29) is 0 Å². The second-order valence-electron chi connectivity index (χ2n) is 4.19. The maximum atomic E-state index is 6.12. The molecule has 2 aromatic heterocycles. The van der Waals surface area contributed by atoms with Crippen molar-refractivity contribution in [1.82, 2.24) is 19.3 Å². The Morgan fingerprint density at radius 2 is 2.12 bits per heavy atom. The maximum Gasteiger partial charge on any atom is 0.131 e. The molecule has 5 nitrogen and oxygen atoms in total. The van der Waals surface area contributed by atoms with E-state index in [1.807, 2.05) is 22.5 Å². The molecule has 2 aromatic rings. The summed E-state index contributed by atoms with van der Waals surface area (Å²) in [5.74, 6) is 0.731. The largest absolute Gasteiger partial charge is 0.383 e. The fraction of sp³-hybridized carbons (Fsp3) is 0.500. The molecule has 0 saturated carbocycles. The Bertz CT molecular complexity index is 509. The lowest BCUT2D eigenvalue weighted by Crippen LogP contribution is -2.01. The van der Waals surface area contributed by atoms with Crippen LogP contribution in [0.3, 0.4) is 0 Å².